The first-order valence-electron chi connectivity index (χ1n) is 14.2. The highest BCUT2D eigenvalue weighted by Crippen LogP contribution is 2.27. The molecule has 0 atom stereocenters. The van der Waals surface area contributed by atoms with Crippen molar-refractivity contribution in [3.05, 3.63) is 82.5 Å². The van der Waals surface area contributed by atoms with Crippen molar-refractivity contribution in [2.45, 2.75) is 71.9 Å². The molecule has 2 heterocycles. The van der Waals surface area contributed by atoms with Gasteiger partial charge in [0.05, 0.1) is 12.3 Å². The summed E-state index contributed by atoms with van der Waals surface area (Å²) in [5.41, 5.74) is 2.90. The highest BCUT2D eigenvalue weighted by Gasteiger charge is 2.16. The Kier molecular flexibility index (Phi) is 11.8. The van der Waals surface area contributed by atoms with Crippen LogP contribution in [0.3, 0.4) is 0 Å². The lowest BCUT2D eigenvalue weighted by molar-refractivity contribution is -0.143. The van der Waals surface area contributed by atoms with Crippen molar-refractivity contribution in [2.24, 2.45) is 0 Å². The molecule has 42 heavy (non-hydrogen) atoms. The van der Waals surface area contributed by atoms with E-state index in [-0.39, 0.29) is 24.6 Å². The molecule has 2 amide bonds. The maximum Gasteiger partial charge on any atom is 0.407 e. The summed E-state index contributed by atoms with van der Waals surface area (Å²) >= 11 is 0. The Labute approximate surface area is 246 Å². The molecule has 10 nitrogen and oxygen atoms in total. The van der Waals surface area contributed by atoms with E-state index in [1.165, 1.54) is 22.9 Å². The molecule has 3 aromatic rings. The Morgan fingerprint density at radius 1 is 1.00 bits per heavy atom. The van der Waals surface area contributed by atoms with Gasteiger partial charge in [0.1, 0.15) is 12.1 Å². The average molecular weight is 577 g/mol. The summed E-state index contributed by atoms with van der Waals surface area (Å²) in [7, 11) is 0. The number of ether oxygens (including phenoxy) is 2. The molecule has 0 saturated carbocycles. The number of hydrogen-bond acceptors (Lipinski definition) is 7. The highest BCUT2D eigenvalue weighted by molar-refractivity contribution is 6.05. The van der Waals surface area contributed by atoms with Crippen LogP contribution < -0.4 is 16.2 Å². The summed E-state index contributed by atoms with van der Waals surface area (Å²) in [6.45, 7) is 7.75. The fourth-order valence-electron chi connectivity index (χ4n) is 4.30. The quantitative estimate of drug-likeness (QED) is 0.207. The topological polar surface area (TPSA) is 129 Å². The molecule has 0 saturated heterocycles. The van der Waals surface area contributed by atoms with E-state index in [4.69, 9.17) is 9.47 Å². The van der Waals surface area contributed by atoms with Crippen molar-refractivity contribution in [3.8, 4) is 11.1 Å². The van der Waals surface area contributed by atoms with Gasteiger partial charge in [0.2, 0.25) is 0 Å². The zero-order valence-electron chi connectivity index (χ0n) is 24.8. The van der Waals surface area contributed by atoms with Crippen LogP contribution in [0.4, 0.5) is 10.5 Å². The van der Waals surface area contributed by atoms with Crippen LogP contribution in [0.1, 0.15) is 69.3 Å². The number of unbranched alkanes of at least 4 members (excludes halogenated alkanes) is 3. The van der Waals surface area contributed by atoms with Crippen molar-refractivity contribution in [1.82, 2.24) is 14.9 Å². The van der Waals surface area contributed by atoms with Crippen LogP contribution in [-0.2, 0) is 27.2 Å². The standard InChI is InChI=1S/C32H40N4O6/c1-5-41-29(38)22-36-21-26(15-16-28(36)37)35-30(39)24-14-13-23(27(19-24)25-12-10-17-33-20-25)11-8-6-7-9-18-34-31(40)42-32(2,3)4/h10,12-17,19-21H,5-9,11,18,22H2,1-4H3,(H,34,40)(H,35,39). The van der Waals surface area contributed by atoms with Gasteiger partial charge >= 0.3 is 12.1 Å². The van der Waals surface area contributed by atoms with Gasteiger partial charge < -0.3 is 24.7 Å². The number of anilines is 1. The summed E-state index contributed by atoms with van der Waals surface area (Å²) < 4.78 is 11.4. The van der Waals surface area contributed by atoms with Gasteiger partial charge in [-0.3, -0.25) is 19.4 Å². The van der Waals surface area contributed by atoms with E-state index in [1.54, 1.807) is 25.4 Å². The van der Waals surface area contributed by atoms with Gasteiger partial charge in [-0.1, -0.05) is 25.0 Å². The molecule has 1 aromatic carbocycles. The van der Waals surface area contributed by atoms with E-state index in [0.29, 0.717) is 17.8 Å². The fourth-order valence-corrected chi connectivity index (χ4v) is 4.30. The van der Waals surface area contributed by atoms with Crippen LogP contribution in [0.25, 0.3) is 11.1 Å². The summed E-state index contributed by atoms with van der Waals surface area (Å²) in [5.74, 6) is -0.872. The minimum Gasteiger partial charge on any atom is -0.465 e. The van der Waals surface area contributed by atoms with Crippen LogP contribution in [0.15, 0.2) is 65.8 Å². The number of nitrogens with one attached hydrogen (secondary N) is 2. The third-order valence-electron chi connectivity index (χ3n) is 6.23. The molecule has 224 valence electrons. The summed E-state index contributed by atoms with van der Waals surface area (Å²) in [6.07, 6.45) is 9.11. The van der Waals surface area contributed by atoms with Gasteiger partial charge in [-0.2, -0.15) is 0 Å². The van der Waals surface area contributed by atoms with E-state index in [1.807, 2.05) is 45.0 Å². The van der Waals surface area contributed by atoms with Crippen molar-refractivity contribution in [3.63, 3.8) is 0 Å². The van der Waals surface area contributed by atoms with Crippen molar-refractivity contribution in [1.29, 1.82) is 0 Å². The lowest BCUT2D eigenvalue weighted by Gasteiger charge is -2.19. The zero-order valence-corrected chi connectivity index (χ0v) is 24.8. The number of benzene rings is 1. The predicted molar refractivity (Wildman–Crippen MR) is 161 cm³/mol. The molecule has 3 rings (SSSR count). The second kappa shape index (κ2) is 15.5. The molecule has 0 aliphatic heterocycles. The van der Waals surface area contributed by atoms with Gasteiger partial charge in [-0.25, -0.2) is 4.79 Å². The van der Waals surface area contributed by atoms with Crippen LogP contribution in [0.2, 0.25) is 0 Å². The molecule has 0 unspecified atom stereocenters. The first-order valence-corrected chi connectivity index (χ1v) is 14.2. The van der Waals surface area contributed by atoms with Crippen LogP contribution in [0, 0.1) is 0 Å². The Morgan fingerprint density at radius 2 is 1.79 bits per heavy atom. The lowest BCUT2D eigenvalue weighted by atomic mass is 9.94. The van der Waals surface area contributed by atoms with Gasteiger partial charge in [0.25, 0.3) is 11.5 Å². The molecule has 0 bridgehead atoms. The molecule has 10 heteroatoms. The van der Waals surface area contributed by atoms with E-state index in [2.05, 4.69) is 15.6 Å². The van der Waals surface area contributed by atoms with Gasteiger partial charge in [-0.15, -0.1) is 0 Å². The largest absolute Gasteiger partial charge is 0.465 e. The third-order valence-corrected chi connectivity index (χ3v) is 6.23. The van der Waals surface area contributed by atoms with Crippen LogP contribution >= 0.6 is 0 Å². The molecule has 2 N–H and O–H groups in total. The monoisotopic (exact) mass is 576 g/mol. The number of pyridine rings is 2. The summed E-state index contributed by atoms with van der Waals surface area (Å²) in [6, 6.07) is 12.2. The van der Waals surface area contributed by atoms with E-state index in [9.17, 15) is 19.2 Å². The second-order valence-corrected chi connectivity index (χ2v) is 10.8. The SMILES string of the molecule is CCOC(=O)Cn1cc(NC(=O)c2ccc(CCCCCCNC(=O)OC(C)(C)C)c(-c3cccnc3)c2)ccc1=O. The molecular formula is C32H40N4O6. The molecule has 0 fully saturated rings. The number of carbonyl (C=O) groups excluding carboxylic acids is 3. The predicted octanol–water partition coefficient (Wildman–Crippen LogP) is 5.35. The number of rotatable bonds is 13. The summed E-state index contributed by atoms with van der Waals surface area (Å²) in [5, 5.41) is 5.60. The van der Waals surface area contributed by atoms with Gasteiger partial charge in [0.15, 0.2) is 0 Å². The molecule has 0 radical (unpaired) electrons. The van der Waals surface area contributed by atoms with Crippen molar-refractivity contribution in [2.75, 3.05) is 18.5 Å². The van der Waals surface area contributed by atoms with E-state index >= 15 is 0 Å². The number of esters is 1. The normalized spacial score (nSPS) is 11.0. The molecule has 0 spiro atoms. The number of amides is 2. The lowest BCUT2D eigenvalue weighted by Crippen LogP contribution is -2.32. The number of nitrogens with zero attached hydrogens (tertiary/aromatic N) is 2. The fraction of sp³-hybridized carbons (Fsp3) is 0.406. The highest BCUT2D eigenvalue weighted by atomic mass is 16.6. The average Bonchev–Trinajstić information content (AvgIpc) is 2.94. The van der Waals surface area contributed by atoms with Gasteiger partial charge in [-0.05, 0) is 82.3 Å². The number of aromatic nitrogens is 2. The van der Waals surface area contributed by atoms with E-state index < -0.39 is 17.7 Å². The first-order chi connectivity index (χ1) is 20.1. The molecular weight excluding hydrogens is 536 g/mol. The maximum absolute atomic E-state index is 13.2. The summed E-state index contributed by atoms with van der Waals surface area (Å²) in [4.78, 5) is 53.2. The first kappa shape index (κ1) is 32.0. The zero-order chi connectivity index (χ0) is 30.5. The van der Waals surface area contributed by atoms with Gasteiger partial charge in [0, 0.05) is 42.3 Å². The Morgan fingerprint density at radius 3 is 2.50 bits per heavy atom. The van der Waals surface area contributed by atoms with Crippen molar-refractivity contribution >= 4 is 23.7 Å². The molecule has 0 aliphatic carbocycles. The second-order valence-electron chi connectivity index (χ2n) is 10.8. The Hall–Kier alpha value is -4.47. The number of aryl methyl sites for hydroxylation is 1. The van der Waals surface area contributed by atoms with Crippen molar-refractivity contribution < 1.29 is 23.9 Å². The van der Waals surface area contributed by atoms with Crippen LogP contribution in [0.5, 0.6) is 0 Å². The Bertz CT molecular complexity index is 1410. The minimum atomic E-state index is -0.530. The van der Waals surface area contributed by atoms with Crippen LogP contribution in [-0.4, -0.2) is 46.3 Å². The minimum absolute atomic E-state index is 0.215. The molecule has 0 aliphatic rings. The number of alkyl carbamates (subject to hydrolysis) is 1. The third kappa shape index (κ3) is 10.5. The number of hydrogen-bond donors (Lipinski definition) is 2. The molecule has 2 aromatic heterocycles. The maximum atomic E-state index is 13.2. The number of carbonyl (C=O) groups is 3. The Balaban J connectivity index is 1.63. The van der Waals surface area contributed by atoms with E-state index in [0.717, 1.165) is 48.8 Å². The smallest absolute Gasteiger partial charge is 0.407 e.